The van der Waals surface area contributed by atoms with E-state index in [0.29, 0.717) is 44.3 Å². The fraction of sp³-hybridized carbons (Fsp3) is 0. The van der Waals surface area contributed by atoms with Crippen LogP contribution in [0.4, 0.5) is 14.5 Å². The first-order chi connectivity index (χ1) is 29.4. The molecule has 6 heteroatoms. The van der Waals surface area contributed by atoms with Crippen molar-refractivity contribution in [1.29, 1.82) is 15.8 Å². The second-order valence-electron chi connectivity index (χ2n) is 15.4. The van der Waals surface area contributed by atoms with Gasteiger partial charge < -0.3 is 0 Å². The van der Waals surface area contributed by atoms with Crippen molar-refractivity contribution in [3.63, 3.8) is 0 Å². The van der Waals surface area contributed by atoms with Gasteiger partial charge in [-0.1, -0.05) is 84.9 Å². The second kappa shape index (κ2) is 11.9. The fourth-order valence-corrected chi connectivity index (χ4v) is 10.2. The molecular weight excluding hydrogens is 743 g/mol. The van der Waals surface area contributed by atoms with Crippen LogP contribution in [0.3, 0.4) is 0 Å². The monoisotopic (exact) mass is 764 g/mol. The van der Waals surface area contributed by atoms with Crippen LogP contribution in [0.1, 0.15) is 16.7 Å². The first-order valence-electron chi connectivity index (χ1n) is 19.3. The van der Waals surface area contributed by atoms with E-state index in [1.54, 1.807) is 36.4 Å². The van der Waals surface area contributed by atoms with Gasteiger partial charge in [0.1, 0.15) is 11.6 Å². The maximum atomic E-state index is 15.5. The Hall–Kier alpha value is -8.68. The predicted molar refractivity (Wildman–Crippen MR) is 234 cm³/mol. The minimum atomic E-state index is -0.310. The molecule has 0 bridgehead atoms. The van der Waals surface area contributed by atoms with Crippen molar-refractivity contribution in [2.24, 2.45) is 0 Å². The van der Waals surface area contributed by atoms with Gasteiger partial charge in [-0.05, 0) is 142 Å². The van der Waals surface area contributed by atoms with Crippen molar-refractivity contribution in [3.8, 4) is 85.0 Å². The first-order valence-corrected chi connectivity index (χ1v) is 19.3. The van der Waals surface area contributed by atoms with Crippen LogP contribution in [0.5, 0.6) is 0 Å². The molecule has 0 heterocycles. The predicted octanol–water partition coefficient (Wildman–Crippen LogP) is 14.5. The molecule has 0 aliphatic heterocycles. The molecule has 10 aromatic rings. The van der Waals surface area contributed by atoms with Crippen molar-refractivity contribution >= 4 is 59.5 Å². The summed E-state index contributed by atoms with van der Waals surface area (Å²) in [5.41, 5.74) is 11.7. The third-order valence-corrected chi connectivity index (χ3v) is 12.6. The molecule has 0 saturated heterocycles. The van der Waals surface area contributed by atoms with Gasteiger partial charge in [0.2, 0.25) is 0 Å². The van der Waals surface area contributed by atoms with E-state index in [9.17, 15) is 15.8 Å². The normalized spacial score (nSPS) is 11.8. The summed E-state index contributed by atoms with van der Waals surface area (Å²) in [7, 11) is 0. The van der Waals surface area contributed by atoms with Gasteiger partial charge in [0.15, 0.2) is 5.69 Å². The smallest absolute Gasteiger partial charge is 0.196 e. The lowest BCUT2D eigenvalue weighted by molar-refractivity contribution is 0.639. The first kappa shape index (κ1) is 33.5. The van der Waals surface area contributed by atoms with Gasteiger partial charge in [-0.3, -0.25) is 0 Å². The summed E-state index contributed by atoms with van der Waals surface area (Å²) >= 11 is 0. The molecule has 2 aliphatic rings. The Labute approximate surface area is 341 Å². The largest absolute Gasteiger partial charge is 0.237 e. The van der Waals surface area contributed by atoms with E-state index >= 15 is 8.78 Å². The highest BCUT2D eigenvalue weighted by Crippen LogP contribution is 2.58. The van der Waals surface area contributed by atoms with Crippen LogP contribution in [-0.4, -0.2) is 0 Å². The number of hydrogen-bond donors (Lipinski definition) is 0. The zero-order valence-corrected chi connectivity index (χ0v) is 31.2. The van der Waals surface area contributed by atoms with Crippen LogP contribution in [0.2, 0.25) is 0 Å². The topological polar surface area (TPSA) is 75.7 Å². The Bertz CT molecular complexity index is 3650. The molecule has 0 atom stereocenters. The summed E-state index contributed by atoms with van der Waals surface area (Å²) in [5.74, 6) is -0.618. The maximum absolute atomic E-state index is 15.5. The SMILES string of the molecule is [C-]#[N+]c1cc(C#N)ccc1-c1c2c(cc3c1ccc1c4cc5c(c(-c6ccc(C#N)cc6C#N)c4ccc31)-c1ccc(F)c3cccc-5c13)-c1cccc3c(F)ccc-2c13. The minimum absolute atomic E-state index is 0.308. The van der Waals surface area contributed by atoms with E-state index in [1.165, 1.54) is 12.1 Å². The van der Waals surface area contributed by atoms with Crippen molar-refractivity contribution in [2.45, 2.75) is 0 Å². The van der Waals surface area contributed by atoms with Gasteiger partial charge in [-0.2, -0.15) is 15.8 Å². The van der Waals surface area contributed by atoms with Crippen LogP contribution >= 0.6 is 0 Å². The lowest BCUT2D eigenvalue weighted by Crippen LogP contribution is -1.94. The van der Waals surface area contributed by atoms with Crippen LogP contribution in [0.25, 0.3) is 125 Å². The lowest BCUT2D eigenvalue weighted by Gasteiger charge is -2.20. The quantitative estimate of drug-likeness (QED) is 0.130. The van der Waals surface area contributed by atoms with Gasteiger partial charge >= 0.3 is 0 Å². The zero-order valence-electron chi connectivity index (χ0n) is 31.2. The molecule has 4 nitrogen and oxygen atoms in total. The third kappa shape index (κ3) is 4.21. The molecule has 10 aromatic carbocycles. The number of hydrogen-bond acceptors (Lipinski definition) is 3. The summed E-state index contributed by atoms with van der Waals surface area (Å²) in [4.78, 5) is 3.91. The average Bonchev–Trinajstić information content (AvgIpc) is 3.79. The molecule has 0 fully saturated rings. The number of rotatable bonds is 2. The maximum Gasteiger partial charge on any atom is 0.196 e. The molecule has 2 aliphatic carbocycles. The Morgan fingerprint density at radius 3 is 1.38 bits per heavy atom. The molecule has 0 spiro atoms. The number of benzene rings is 10. The van der Waals surface area contributed by atoms with Gasteiger partial charge in [0.25, 0.3) is 0 Å². The van der Waals surface area contributed by atoms with Gasteiger partial charge in [0, 0.05) is 32.7 Å². The molecule has 60 heavy (non-hydrogen) atoms. The van der Waals surface area contributed by atoms with E-state index in [-0.39, 0.29) is 11.6 Å². The number of fused-ring (bicyclic) bond motifs is 11. The highest BCUT2D eigenvalue weighted by Gasteiger charge is 2.31. The third-order valence-electron chi connectivity index (χ3n) is 12.6. The van der Waals surface area contributed by atoms with Crippen molar-refractivity contribution < 1.29 is 8.78 Å². The van der Waals surface area contributed by atoms with Crippen molar-refractivity contribution in [1.82, 2.24) is 0 Å². The molecule has 0 aromatic heterocycles. The Balaban J connectivity index is 1.25. The van der Waals surface area contributed by atoms with Gasteiger partial charge in [-0.15, -0.1) is 0 Å². The number of halogens is 2. The molecule has 0 saturated carbocycles. The number of nitriles is 3. The van der Waals surface area contributed by atoms with Crippen molar-refractivity contribution in [3.05, 3.63) is 173 Å². The Morgan fingerprint density at radius 1 is 0.383 bits per heavy atom. The highest BCUT2D eigenvalue weighted by atomic mass is 19.1. The van der Waals surface area contributed by atoms with E-state index in [1.807, 2.05) is 48.5 Å². The van der Waals surface area contributed by atoms with Crippen LogP contribution in [0.15, 0.2) is 133 Å². The average molecular weight is 765 g/mol. The summed E-state index contributed by atoms with van der Waals surface area (Å²) in [6.45, 7) is 8.22. The Morgan fingerprint density at radius 2 is 0.867 bits per heavy atom. The minimum Gasteiger partial charge on any atom is -0.237 e. The number of nitrogens with zero attached hydrogens (tertiary/aromatic N) is 4. The van der Waals surface area contributed by atoms with E-state index < -0.39 is 0 Å². The van der Waals surface area contributed by atoms with Crippen LogP contribution < -0.4 is 0 Å². The van der Waals surface area contributed by atoms with Crippen molar-refractivity contribution in [2.75, 3.05) is 0 Å². The van der Waals surface area contributed by atoms with Crippen LogP contribution in [-0.2, 0) is 0 Å². The molecule has 0 amide bonds. The van der Waals surface area contributed by atoms with Crippen LogP contribution in [0, 0.1) is 52.2 Å². The summed E-state index contributed by atoms with van der Waals surface area (Å²) in [5, 5.41) is 38.3. The fourth-order valence-electron chi connectivity index (χ4n) is 10.2. The van der Waals surface area contributed by atoms with Gasteiger partial charge in [-0.25, -0.2) is 13.6 Å². The van der Waals surface area contributed by atoms with E-state index in [4.69, 9.17) is 6.57 Å². The summed E-state index contributed by atoms with van der Waals surface area (Å²) in [6.07, 6.45) is 0. The second-order valence-corrected chi connectivity index (χ2v) is 15.4. The summed E-state index contributed by atoms with van der Waals surface area (Å²) in [6, 6.07) is 47.8. The molecule has 12 rings (SSSR count). The molecule has 0 unspecified atom stereocenters. The van der Waals surface area contributed by atoms with Gasteiger partial charge in [0.05, 0.1) is 35.9 Å². The van der Waals surface area contributed by atoms with E-state index in [0.717, 1.165) is 98.7 Å². The highest BCUT2D eigenvalue weighted by molar-refractivity contribution is 6.30. The molecule has 272 valence electrons. The Kier molecular flexibility index (Phi) is 6.65. The molecular formula is C54H22F2N4. The zero-order chi connectivity index (χ0) is 40.6. The standard InChI is InChI=1S/C54H22F2N4/c1-60-48-21-28(25-58)9-11-39(48)52-36-15-13-31-32(43(36)23-45-34-5-3-7-38-47(56)19-17-41(50(34)38)54(45)52)12-14-35-42(31)22-44-33-4-2-6-37-46(55)18-16-40(49(33)37)53(44)51(35)30-10-8-27(24-57)20-29(30)26-59/h2-23H. The summed E-state index contributed by atoms with van der Waals surface area (Å²) < 4.78 is 30.9. The molecule has 0 N–H and O–H groups in total. The van der Waals surface area contributed by atoms with E-state index in [2.05, 4.69) is 59.5 Å². The molecule has 0 radical (unpaired) electrons. The lowest BCUT2D eigenvalue weighted by atomic mass is 9.83.